The van der Waals surface area contributed by atoms with Gasteiger partial charge in [0, 0.05) is 56.1 Å². The van der Waals surface area contributed by atoms with Crippen molar-refractivity contribution in [3.8, 4) is 0 Å². The summed E-state index contributed by atoms with van der Waals surface area (Å²) in [6.07, 6.45) is 3.79. The number of fused-ring (bicyclic) bond motifs is 3. The highest BCUT2D eigenvalue weighted by Crippen LogP contribution is 2.26. The van der Waals surface area contributed by atoms with E-state index in [2.05, 4.69) is 25.9 Å². The average molecular weight is 747 g/mol. The Morgan fingerprint density at radius 3 is 2.40 bits per heavy atom. The summed E-state index contributed by atoms with van der Waals surface area (Å²) in [5, 5.41) is 11.4. The van der Waals surface area contributed by atoms with Gasteiger partial charge in [0.25, 0.3) is 11.8 Å². The number of nitrogens with one attached hydrogen (secondary N) is 4. The molecule has 0 unspecified atom stereocenters. The minimum atomic E-state index is -1.07. The van der Waals surface area contributed by atoms with Crippen molar-refractivity contribution in [1.29, 1.82) is 0 Å². The molecule has 0 aliphatic carbocycles. The number of hydrogen-bond donors (Lipinski definition) is 4. The number of carbonyl (C=O) groups excluding carboxylic acids is 6. The van der Waals surface area contributed by atoms with Crippen molar-refractivity contribution >= 4 is 57.7 Å². The van der Waals surface area contributed by atoms with Crippen LogP contribution in [0.2, 0.25) is 0 Å². The van der Waals surface area contributed by atoms with E-state index in [0.717, 1.165) is 16.5 Å². The van der Waals surface area contributed by atoms with Gasteiger partial charge in [-0.2, -0.15) is 0 Å². The van der Waals surface area contributed by atoms with Gasteiger partial charge in [0.05, 0.1) is 31.0 Å². The highest BCUT2D eigenvalue weighted by molar-refractivity contribution is 7.09. The van der Waals surface area contributed by atoms with Gasteiger partial charge in [0.15, 0.2) is 0 Å². The molecule has 0 fully saturated rings. The molecule has 0 saturated heterocycles. The number of amides is 6. The summed E-state index contributed by atoms with van der Waals surface area (Å²) in [6, 6.07) is 6.50. The van der Waals surface area contributed by atoms with Crippen LogP contribution in [0, 0.1) is 12.8 Å². The molecule has 282 valence electrons. The van der Waals surface area contributed by atoms with E-state index in [1.165, 1.54) is 52.3 Å². The normalized spacial score (nSPS) is 20.3. The number of carbonyl (C=O) groups is 6. The second-order valence-electron chi connectivity index (χ2n) is 13.8. The molecule has 53 heavy (non-hydrogen) atoms. The van der Waals surface area contributed by atoms with Crippen molar-refractivity contribution in [3.63, 3.8) is 0 Å². The Kier molecular flexibility index (Phi) is 12.3. The zero-order valence-corrected chi connectivity index (χ0v) is 31.5. The van der Waals surface area contributed by atoms with Crippen molar-refractivity contribution in [1.82, 2.24) is 40.6 Å². The topological polar surface area (TPSA) is 190 Å². The van der Waals surface area contributed by atoms with Crippen molar-refractivity contribution in [2.24, 2.45) is 5.92 Å². The maximum atomic E-state index is 13.9. The predicted molar refractivity (Wildman–Crippen MR) is 198 cm³/mol. The molecule has 1 aliphatic rings. The zero-order valence-electron chi connectivity index (χ0n) is 30.7. The number of thiazole rings is 1. The van der Waals surface area contributed by atoms with Crippen molar-refractivity contribution in [2.45, 2.75) is 58.7 Å². The first-order valence-corrected chi connectivity index (χ1v) is 18.3. The smallest absolute Gasteiger partial charge is 0.271 e. The van der Waals surface area contributed by atoms with Gasteiger partial charge in [-0.05, 0) is 43.9 Å². The first-order chi connectivity index (χ1) is 25.2. The Hall–Kier alpha value is -5.51. The van der Waals surface area contributed by atoms with E-state index >= 15 is 0 Å². The Bertz CT molecular complexity index is 1980. The van der Waals surface area contributed by atoms with Crippen LogP contribution in [0.15, 0.2) is 52.6 Å². The highest BCUT2D eigenvalue weighted by atomic mass is 32.1. The fraction of sp³-hybridized carbons (Fsp3) is 0.432. The summed E-state index contributed by atoms with van der Waals surface area (Å²) < 4.78 is 5.34. The van der Waals surface area contributed by atoms with Gasteiger partial charge in [-0.25, -0.2) is 4.98 Å². The molecule has 3 atom stereocenters. The third-order valence-corrected chi connectivity index (χ3v) is 10.1. The predicted octanol–water partition coefficient (Wildman–Crippen LogP) is 2.65. The van der Waals surface area contributed by atoms with Crippen LogP contribution < -0.4 is 16.0 Å². The second kappa shape index (κ2) is 16.9. The van der Waals surface area contributed by atoms with Crippen LogP contribution in [0.3, 0.4) is 0 Å². The maximum Gasteiger partial charge on any atom is 0.271 e. The van der Waals surface area contributed by atoms with Crippen LogP contribution in [-0.2, 0) is 25.6 Å². The molecule has 15 nitrogen and oxygen atoms in total. The van der Waals surface area contributed by atoms with E-state index in [4.69, 9.17) is 4.42 Å². The zero-order chi connectivity index (χ0) is 38.4. The SMILES string of the molecule is Cc1occc1C(=O)N1CCN(C)C(=O)[C@H](C)NC(=O)CN(C)C(=O)[C@@H](Cc2c[nH]c3ccccc23)NC(=O)c2csc(n2)[C@H](CC(C)C)NC(=O)C1. The van der Waals surface area contributed by atoms with Crippen LogP contribution >= 0.6 is 11.3 Å². The summed E-state index contributed by atoms with van der Waals surface area (Å²) in [4.78, 5) is 93.1. The molecule has 5 rings (SSSR count). The molecular formula is C37H46N8O7S. The van der Waals surface area contributed by atoms with Crippen LogP contribution in [0.4, 0.5) is 0 Å². The number of aryl methyl sites for hydroxylation is 1. The Morgan fingerprint density at radius 2 is 1.68 bits per heavy atom. The number of nitrogens with zero attached hydrogens (tertiary/aromatic N) is 4. The van der Waals surface area contributed by atoms with Crippen LogP contribution in [-0.4, -0.2) is 112 Å². The van der Waals surface area contributed by atoms with E-state index < -0.39 is 53.6 Å². The summed E-state index contributed by atoms with van der Waals surface area (Å²) in [7, 11) is 3.00. The van der Waals surface area contributed by atoms with Crippen LogP contribution in [0.5, 0.6) is 0 Å². The number of likely N-dealkylation sites (N-methyl/N-ethyl adjacent to an activating group) is 2. The van der Waals surface area contributed by atoms with E-state index in [0.29, 0.717) is 17.2 Å². The molecule has 1 aliphatic heterocycles. The molecule has 1 aromatic carbocycles. The summed E-state index contributed by atoms with van der Waals surface area (Å²) in [5.74, 6) is -2.52. The summed E-state index contributed by atoms with van der Waals surface area (Å²) in [5.41, 5.74) is 2.01. The van der Waals surface area contributed by atoms with Gasteiger partial charge in [-0.1, -0.05) is 32.0 Å². The molecular weight excluding hydrogens is 701 g/mol. The van der Waals surface area contributed by atoms with E-state index in [1.807, 2.05) is 38.1 Å². The lowest BCUT2D eigenvalue weighted by Gasteiger charge is -2.28. The number of H-pyrrole nitrogens is 1. The van der Waals surface area contributed by atoms with Gasteiger partial charge in [-0.3, -0.25) is 28.8 Å². The molecule has 4 N–H and O–H groups in total. The van der Waals surface area contributed by atoms with E-state index in [1.54, 1.807) is 25.5 Å². The van der Waals surface area contributed by atoms with Gasteiger partial charge in [-0.15, -0.1) is 11.3 Å². The molecule has 4 aromatic rings. The molecule has 3 aromatic heterocycles. The number of aromatic nitrogens is 2. The second-order valence-corrected chi connectivity index (χ2v) is 14.7. The fourth-order valence-corrected chi connectivity index (χ4v) is 7.12. The van der Waals surface area contributed by atoms with Gasteiger partial charge < -0.3 is 40.1 Å². The third-order valence-electron chi connectivity index (χ3n) is 9.09. The first-order valence-electron chi connectivity index (χ1n) is 17.4. The molecule has 0 saturated carbocycles. The highest BCUT2D eigenvalue weighted by Gasteiger charge is 2.31. The third kappa shape index (κ3) is 9.49. The fourth-order valence-electron chi connectivity index (χ4n) is 6.26. The molecule has 4 heterocycles. The number of furan rings is 1. The quantitative estimate of drug-likeness (QED) is 0.240. The van der Waals surface area contributed by atoms with Gasteiger partial charge in [0.1, 0.15) is 28.5 Å². The first kappa shape index (κ1) is 38.7. The molecule has 2 bridgehead atoms. The van der Waals surface area contributed by atoms with Crippen molar-refractivity contribution < 1.29 is 33.2 Å². The maximum absolute atomic E-state index is 13.9. The lowest BCUT2D eigenvalue weighted by atomic mass is 10.0. The lowest BCUT2D eigenvalue weighted by Crippen LogP contribution is -2.53. The van der Waals surface area contributed by atoms with E-state index in [-0.39, 0.29) is 49.8 Å². The van der Waals surface area contributed by atoms with Gasteiger partial charge >= 0.3 is 0 Å². The van der Waals surface area contributed by atoms with Crippen LogP contribution in [0.1, 0.15) is 70.4 Å². The average Bonchev–Trinajstić information content (AvgIpc) is 3.88. The molecule has 6 amide bonds. The number of hydrogen-bond acceptors (Lipinski definition) is 9. The minimum absolute atomic E-state index is 0.00521. The number of benzene rings is 1. The Labute approximate surface area is 311 Å². The van der Waals surface area contributed by atoms with Gasteiger partial charge in [0.2, 0.25) is 23.6 Å². The van der Waals surface area contributed by atoms with Crippen molar-refractivity contribution in [2.75, 3.05) is 40.3 Å². The minimum Gasteiger partial charge on any atom is -0.469 e. The molecule has 16 heteroatoms. The number of rotatable bonds is 5. The lowest BCUT2D eigenvalue weighted by molar-refractivity contribution is -0.138. The molecule has 0 spiro atoms. The summed E-state index contributed by atoms with van der Waals surface area (Å²) >= 11 is 1.20. The van der Waals surface area contributed by atoms with Crippen LogP contribution in [0.25, 0.3) is 10.9 Å². The number of aromatic amines is 1. The van der Waals surface area contributed by atoms with E-state index in [9.17, 15) is 28.8 Å². The van der Waals surface area contributed by atoms with Crippen molar-refractivity contribution in [3.05, 3.63) is 75.8 Å². The summed E-state index contributed by atoms with van der Waals surface area (Å²) in [6.45, 7) is 6.52. The Morgan fingerprint density at radius 1 is 0.943 bits per heavy atom. The standard InChI is InChI=1S/C37H46N8O7S/c1-21(2)15-28-34-42-30(20-53-34)33(48)41-29(16-24-17-38-27-10-8-7-9-26(24)27)37(51)44(6)18-31(46)39-22(3)35(49)43(5)12-13-45(19-32(47)40-28)36(50)25-11-14-52-23(25)4/h7-11,14,17,20-22,28-29,38H,12-13,15-16,18-19H2,1-6H3,(H,39,46)(H,40,47)(H,41,48)/t22-,28-,29+/m0/s1. The number of para-hydroxylation sites is 1. The molecule has 0 radical (unpaired) electrons. The Balaban J connectivity index is 1.47. The monoisotopic (exact) mass is 746 g/mol. The largest absolute Gasteiger partial charge is 0.469 e.